The number of hydrogen-bond donors (Lipinski definition) is 2. The van der Waals surface area contributed by atoms with E-state index < -0.39 is 0 Å². The molecule has 1 aliphatic heterocycles. The summed E-state index contributed by atoms with van der Waals surface area (Å²) in [6.45, 7) is 6.01. The Kier molecular flexibility index (Phi) is 6.69. The summed E-state index contributed by atoms with van der Waals surface area (Å²) in [7, 11) is 0. The summed E-state index contributed by atoms with van der Waals surface area (Å²) < 4.78 is 0. The summed E-state index contributed by atoms with van der Waals surface area (Å²) in [5, 5.41) is 5.99. The zero-order valence-electron chi connectivity index (χ0n) is 16.7. The van der Waals surface area contributed by atoms with Gasteiger partial charge in [0, 0.05) is 31.7 Å². The largest absolute Gasteiger partial charge is 0.352 e. The molecule has 0 saturated carbocycles. The zero-order valence-corrected chi connectivity index (χ0v) is 16.7. The van der Waals surface area contributed by atoms with Crippen LogP contribution in [0.2, 0.25) is 0 Å². The molecule has 2 aromatic rings. The van der Waals surface area contributed by atoms with E-state index in [1.165, 1.54) is 5.56 Å². The molecule has 0 bridgehead atoms. The number of aryl methyl sites for hydroxylation is 2. The molecule has 0 aliphatic carbocycles. The first-order chi connectivity index (χ1) is 13.5. The fraction of sp³-hybridized carbons (Fsp3) is 0.391. The van der Waals surface area contributed by atoms with Crippen LogP contribution < -0.4 is 10.6 Å². The second-order valence-corrected chi connectivity index (χ2v) is 7.64. The Morgan fingerprint density at radius 2 is 1.79 bits per heavy atom. The van der Waals surface area contributed by atoms with Crippen LogP contribution >= 0.6 is 0 Å². The van der Waals surface area contributed by atoms with Crippen molar-refractivity contribution in [2.75, 3.05) is 18.4 Å². The van der Waals surface area contributed by atoms with Gasteiger partial charge in [-0.1, -0.05) is 36.4 Å². The van der Waals surface area contributed by atoms with Crippen LogP contribution in [-0.2, 0) is 11.3 Å². The molecule has 1 heterocycles. The molecule has 2 N–H and O–H groups in total. The van der Waals surface area contributed by atoms with E-state index in [-0.39, 0.29) is 11.9 Å². The molecule has 28 heavy (non-hydrogen) atoms. The summed E-state index contributed by atoms with van der Waals surface area (Å²) in [4.78, 5) is 26.6. The van der Waals surface area contributed by atoms with Crippen LogP contribution in [-0.4, -0.2) is 29.9 Å². The first-order valence-corrected chi connectivity index (χ1v) is 9.95. The van der Waals surface area contributed by atoms with Crippen LogP contribution in [0.4, 0.5) is 10.5 Å². The molecule has 5 nitrogen and oxygen atoms in total. The molecule has 1 saturated heterocycles. The van der Waals surface area contributed by atoms with Crippen molar-refractivity contribution >= 4 is 17.6 Å². The van der Waals surface area contributed by atoms with Gasteiger partial charge in [-0.05, 0) is 61.4 Å². The van der Waals surface area contributed by atoms with E-state index in [2.05, 4.69) is 23.6 Å². The predicted molar refractivity (Wildman–Crippen MR) is 112 cm³/mol. The number of nitrogens with one attached hydrogen (secondary N) is 2. The van der Waals surface area contributed by atoms with Crippen LogP contribution in [0.5, 0.6) is 0 Å². The highest BCUT2D eigenvalue weighted by molar-refractivity contribution is 5.89. The molecule has 148 valence electrons. The van der Waals surface area contributed by atoms with E-state index in [1.54, 1.807) is 0 Å². The van der Waals surface area contributed by atoms with Gasteiger partial charge in [0.2, 0.25) is 5.91 Å². The zero-order chi connectivity index (χ0) is 19.9. The number of likely N-dealkylation sites (tertiary alicyclic amines) is 1. The molecule has 0 spiro atoms. The fourth-order valence-corrected chi connectivity index (χ4v) is 3.60. The monoisotopic (exact) mass is 379 g/mol. The molecule has 5 heteroatoms. The molecule has 0 radical (unpaired) electrons. The Labute approximate surface area is 167 Å². The lowest BCUT2D eigenvalue weighted by Crippen LogP contribution is -2.41. The number of nitrogens with zero attached hydrogens (tertiary/aromatic N) is 1. The average Bonchev–Trinajstić information content (AvgIpc) is 2.68. The highest BCUT2D eigenvalue weighted by atomic mass is 16.2. The van der Waals surface area contributed by atoms with Gasteiger partial charge >= 0.3 is 6.03 Å². The van der Waals surface area contributed by atoms with Gasteiger partial charge in [-0.25, -0.2) is 4.79 Å². The second kappa shape index (κ2) is 9.40. The summed E-state index contributed by atoms with van der Waals surface area (Å²) >= 11 is 0. The Balaban J connectivity index is 1.40. The van der Waals surface area contributed by atoms with Crippen molar-refractivity contribution in [2.45, 2.75) is 39.7 Å². The van der Waals surface area contributed by atoms with Crippen molar-refractivity contribution in [1.29, 1.82) is 0 Å². The number of piperidine rings is 1. The number of carbonyl (C=O) groups is 2. The molecule has 1 aliphatic rings. The van der Waals surface area contributed by atoms with E-state index in [9.17, 15) is 9.59 Å². The highest BCUT2D eigenvalue weighted by Gasteiger charge is 2.24. The van der Waals surface area contributed by atoms with Gasteiger partial charge in [0.15, 0.2) is 0 Å². The van der Waals surface area contributed by atoms with Crippen molar-refractivity contribution in [2.24, 2.45) is 5.92 Å². The van der Waals surface area contributed by atoms with E-state index in [0.29, 0.717) is 32.0 Å². The average molecular weight is 380 g/mol. The fourth-order valence-electron chi connectivity index (χ4n) is 3.60. The maximum absolute atomic E-state index is 12.4. The number of anilines is 1. The first-order valence-electron chi connectivity index (χ1n) is 9.95. The number of amides is 3. The summed E-state index contributed by atoms with van der Waals surface area (Å²) in [6, 6.07) is 15.8. The van der Waals surface area contributed by atoms with Gasteiger partial charge in [-0.15, -0.1) is 0 Å². The van der Waals surface area contributed by atoms with Crippen LogP contribution in [0.15, 0.2) is 48.5 Å². The van der Waals surface area contributed by atoms with Crippen LogP contribution in [0.3, 0.4) is 0 Å². The minimum Gasteiger partial charge on any atom is -0.352 e. The number of carbonyl (C=O) groups excluding carboxylic acids is 2. The molecule has 0 aromatic heterocycles. The van der Waals surface area contributed by atoms with Crippen molar-refractivity contribution in [3.8, 4) is 0 Å². The summed E-state index contributed by atoms with van der Waals surface area (Å²) in [5.74, 6) is 0.422. The third-order valence-electron chi connectivity index (χ3n) is 5.38. The van der Waals surface area contributed by atoms with Gasteiger partial charge in [0.25, 0.3) is 0 Å². The molecular weight excluding hydrogens is 350 g/mol. The minimum atomic E-state index is -0.0620. The Bertz CT molecular complexity index is 826. The first kappa shape index (κ1) is 19.9. The third kappa shape index (κ3) is 5.59. The summed E-state index contributed by atoms with van der Waals surface area (Å²) in [5.41, 5.74) is 4.28. The van der Waals surface area contributed by atoms with Crippen molar-refractivity contribution in [3.05, 3.63) is 65.2 Å². The lowest BCUT2D eigenvalue weighted by atomic mass is 9.93. The molecule has 0 atom stereocenters. The number of urea groups is 1. The van der Waals surface area contributed by atoms with Gasteiger partial charge in [0.1, 0.15) is 0 Å². The SMILES string of the molecule is Cc1cccc(NC(=O)N2CCC(CC(=O)NCc3ccccc3C)CC2)c1. The van der Waals surface area contributed by atoms with Crippen molar-refractivity contribution in [1.82, 2.24) is 10.2 Å². The second-order valence-electron chi connectivity index (χ2n) is 7.64. The van der Waals surface area contributed by atoms with Gasteiger partial charge in [-0.2, -0.15) is 0 Å². The normalized spacial score (nSPS) is 14.6. The number of benzene rings is 2. The Morgan fingerprint density at radius 1 is 1.04 bits per heavy atom. The van der Waals surface area contributed by atoms with E-state index in [0.717, 1.165) is 29.7 Å². The molecule has 0 unspecified atom stereocenters. The topological polar surface area (TPSA) is 61.4 Å². The third-order valence-corrected chi connectivity index (χ3v) is 5.38. The van der Waals surface area contributed by atoms with E-state index >= 15 is 0 Å². The van der Waals surface area contributed by atoms with Gasteiger partial charge in [-0.3, -0.25) is 4.79 Å². The standard InChI is InChI=1S/C23H29N3O2/c1-17-6-5-9-21(14-17)25-23(28)26-12-10-19(11-13-26)15-22(27)24-16-20-8-4-3-7-18(20)2/h3-9,14,19H,10-13,15-16H2,1-2H3,(H,24,27)(H,25,28). The predicted octanol–water partition coefficient (Wildman–Crippen LogP) is 4.25. The van der Waals surface area contributed by atoms with Crippen LogP contribution in [0, 0.1) is 19.8 Å². The lowest BCUT2D eigenvalue weighted by molar-refractivity contribution is -0.122. The maximum atomic E-state index is 12.4. The van der Waals surface area contributed by atoms with Crippen LogP contribution in [0.1, 0.15) is 36.0 Å². The molecule has 2 aromatic carbocycles. The highest BCUT2D eigenvalue weighted by Crippen LogP contribution is 2.21. The van der Waals surface area contributed by atoms with Crippen molar-refractivity contribution < 1.29 is 9.59 Å². The quantitative estimate of drug-likeness (QED) is 0.816. The van der Waals surface area contributed by atoms with E-state index in [4.69, 9.17) is 0 Å². The number of hydrogen-bond acceptors (Lipinski definition) is 2. The van der Waals surface area contributed by atoms with E-state index in [1.807, 2.05) is 54.3 Å². The lowest BCUT2D eigenvalue weighted by Gasteiger charge is -2.31. The Morgan fingerprint density at radius 3 is 2.50 bits per heavy atom. The van der Waals surface area contributed by atoms with Gasteiger partial charge in [0.05, 0.1) is 0 Å². The van der Waals surface area contributed by atoms with Crippen molar-refractivity contribution in [3.63, 3.8) is 0 Å². The number of rotatable bonds is 5. The maximum Gasteiger partial charge on any atom is 0.321 e. The van der Waals surface area contributed by atoms with Gasteiger partial charge < -0.3 is 15.5 Å². The molecule has 3 rings (SSSR count). The summed E-state index contributed by atoms with van der Waals surface area (Å²) in [6.07, 6.45) is 2.25. The molecular formula is C23H29N3O2. The van der Waals surface area contributed by atoms with Crippen LogP contribution in [0.25, 0.3) is 0 Å². The smallest absolute Gasteiger partial charge is 0.321 e. The Hall–Kier alpha value is -2.82. The minimum absolute atomic E-state index is 0.0620. The molecule has 1 fully saturated rings. The molecule has 3 amide bonds.